The maximum Gasteiger partial charge on any atom is 0.356 e. The fourth-order valence-electron chi connectivity index (χ4n) is 1.16. The Kier molecular flexibility index (Phi) is 3.96. The number of thiophene rings is 1. The van der Waals surface area contributed by atoms with Crippen LogP contribution in [-0.2, 0) is 16.2 Å². The van der Waals surface area contributed by atoms with Crippen LogP contribution in [-0.4, -0.2) is 21.6 Å². The Hall–Kier alpha value is -1.86. The Labute approximate surface area is 112 Å². The number of oxime groups is 1. The molecule has 0 aromatic carbocycles. The summed E-state index contributed by atoms with van der Waals surface area (Å²) in [6, 6.07) is 3.61. The number of amidine groups is 1. The molecule has 0 atom stereocenters. The fourth-order valence-corrected chi connectivity index (χ4v) is 1.93. The van der Waals surface area contributed by atoms with Crippen molar-refractivity contribution in [1.82, 2.24) is 9.78 Å². The third kappa shape index (κ3) is 3.31. The fraction of sp³-hybridized carbons (Fsp3) is 0.100. The Balaban J connectivity index is 1.90. The molecule has 0 spiro atoms. The number of nitrogens with two attached hydrogens (primary N) is 1. The first-order valence-electron chi connectivity index (χ1n) is 4.90. The standard InChI is InChI=1S/C10H9ClN4O2S/c11-7-4-13-15(5-7)6-9(16)17-14-10(12)8-2-1-3-18-8/h1-5H,6H2,(H2,12,14). The molecule has 0 aliphatic rings. The molecular formula is C10H9ClN4O2S. The lowest BCUT2D eigenvalue weighted by molar-refractivity contribution is -0.144. The van der Waals surface area contributed by atoms with E-state index in [1.54, 1.807) is 6.07 Å². The second-order valence-corrected chi connectivity index (χ2v) is 4.66. The normalized spacial score (nSPS) is 11.5. The number of carbonyl (C=O) groups excluding carboxylic acids is 1. The molecule has 8 heteroatoms. The molecular weight excluding hydrogens is 276 g/mol. The average molecular weight is 285 g/mol. The van der Waals surface area contributed by atoms with Crippen LogP contribution in [0.2, 0.25) is 5.02 Å². The lowest BCUT2D eigenvalue weighted by Crippen LogP contribution is -2.16. The number of aromatic nitrogens is 2. The monoisotopic (exact) mass is 284 g/mol. The third-order valence-electron chi connectivity index (χ3n) is 1.91. The zero-order valence-corrected chi connectivity index (χ0v) is 10.7. The van der Waals surface area contributed by atoms with E-state index in [4.69, 9.17) is 17.3 Å². The Morgan fingerprint density at radius 3 is 3.11 bits per heavy atom. The topological polar surface area (TPSA) is 82.5 Å². The minimum Gasteiger partial charge on any atom is -0.380 e. The van der Waals surface area contributed by atoms with Crippen molar-refractivity contribution in [2.24, 2.45) is 10.9 Å². The van der Waals surface area contributed by atoms with Crippen LogP contribution in [0.1, 0.15) is 4.88 Å². The van der Waals surface area contributed by atoms with E-state index < -0.39 is 5.97 Å². The molecule has 2 N–H and O–H groups in total. The van der Waals surface area contributed by atoms with Crippen LogP contribution in [0.15, 0.2) is 35.1 Å². The number of hydrogen-bond acceptors (Lipinski definition) is 5. The van der Waals surface area contributed by atoms with Crippen molar-refractivity contribution in [2.45, 2.75) is 6.54 Å². The summed E-state index contributed by atoms with van der Waals surface area (Å²) in [7, 11) is 0. The van der Waals surface area contributed by atoms with Gasteiger partial charge in [-0.1, -0.05) is 22.8 Å². The van der Waals surface area contributed by atoms with E-state index in [9.17, 15) is 4.79 Å². The van der Waals surface area contributed by atoms with Crippen LogP contribution in [0.25, 0.3) is 0 Å². The largest absolute Gasteiger partial charge is 0.380 e. The molecule has 0 amide bonds. The zero-order chi connectivity index (χ0) is 13.0. The number of halogens is 1. The summed E-state index contributed by atoms with van der Waals surface area (Å²) >= 11 is 7.07. The summed E-state index contributed by atoms with van der Waals surface area (Å²) in [6.45, 7) is -0.0755. The van der Waals surface area contributed by atoms with Gasteiger partial charge >= 0.3 is 5.97 Å². The molecule has 6 nitrogen and oxygen atoms in total. The number of nitrogens with zero attached hydrogens (tertiary/aromatic N) is 3. The van der Waals surface area contributed by atoms with E-state index in [0.717, 1.165) is 4.88 Å². The highest BCUT2D eigenvalue weighted by atomic mass is 35.5. The van der Waals surface area contributed by atoms with E-state index in [-0.39, 0.29) is 12.4 Å². The maximum atomic E-state index is 11.4. The second-order valence-electron chi connectivity index (χ2n) is 3.27. The Morgan fingerprint density at radius 1 is 1.67 bits per heavy atom. The molecule has 2 rings (SSSR count). The Morgan fingerprint density at radius 2 is 2.50 bits per heavy atom. The van der Waals surface area contributed by atoms with Crippen molar-refractivity contribution in [1.29, 1.82) is 0 Å². The van der Waals surface area contributed by atoms with Gasteiger partial charge in [0, 0.05) is 6.20 Å². The van der Waals surface area contributed by atoms with E-state index in [0.29, 0.717) is 5.02 Å². The lowest BCUT2D eigenvalue weighted by atomic mass is 10.4. The SMILES string of the molecule is N/C(=N\OC(=O)Cn1cc(Cl)cn1)c1cccs1. The smallest absolute Gasteiger partial charge is 0.356 e. The van der Waals surface area contributed by atoms with Gasteiger partial charge in [-0.3, -0.25) is 4.68 Å². The summed E-state index contributed by atoms with van der Waals surface area (Å²) in [5.41, 5.74) is 5.62. The lowest BCUT2D eigenvalue weighted by Gasteiger charge is -1.99. The molecule has 18 heavy (non-hydrogen) atoms. The van der Waals surface area contributed by atoms with Crippen LogP contribution >= 0.6 is 22.9 Å². The van der Waals surface area contributed by atoms with Crippen LogP contribution < -0.4 is 5.73 Å². The number of rotatable bonds is 4. The number of hydrogen-bond donors (Lipinski definition) is 1. The van der Waals surface area contributed by atoms with Gasteiger partial charge in [0.15, 0.2) is 5.84 Å². The van der Waals surface area contributed by atoms with Gasteiger partial charge in [0.25, 0.3) is 0 Å². The number of carbonyl (C=O) groups is 1. The summed E-state index contributed by atoms with van der Waals surface area (Å²) < 4.78 is 1.35. The molecule has 0 saturated heterocycles. The summed E-state index contributed by atoms with van der Waals surface area (Å²) in [6.07, 6.45) is 2.94. The van der Waals surface area contributed by atoms with Crippen molar-refractivity contribution in [3.8, 4) is 0 Å². The molecule has 0 saturated carbocycles. The molecule has 2 heterocycles. The van der Waals surface area contributed by atoms with Gasteiger partial charge in [-0.15, -0.1) is 11.3 Å². The molecule has 0 aliphatic heterocycles. The van der Waals surface area contributed by atoms with Gasteiger partial charge < -0.3 is 10.6 Å². The van der Waals surface area contributed by atoms with E-state index in [1.165, 1.54) is 28.4 Å². The maximum absolute atomic E-state index is 11.4. The highest BCUT2D eigenvalue weighted by Crippen LogP contribution is 2.08. The van der Waals surface area contributed by atoms with E-state index >= 15 is 0 Å². The molecule has 0 fully saturated rings. The van der Waals surface area contributed by atoms with Gasteiger partial charge in [-0.2, -0.15) is 5.10 Å². The van der Waals surface area contributed by atoms with Crippen LogP contribution in [0.4, 0.5) is 0 Å². The first kappa shape index (κ1) is 12.6. The van der Waals surface area contributed by atoms with Crippen molar-refractivity contribution in [2.75, 3.05) is 0 Å². The first-order chi connectivity index (χ1) is 8.65. The van der Waals surface area contributed by atoms with Crippen molar-refractivity contribution in [3.63, 3.8) is 0 Å². The average Bonchev–Trinajstić information content (AvgIpc) is 2.97. The highest BCUT2D eigenvalue weighted by Gasteiger charge is 2.07. The molecule has 0 aliphatic carbocycles. The summed E-state index contributed by atoms with van der Waals surface area (Å²) in [5, 5.41) is 9.69. The Bertz CT molecular complexity index is 564. The van der Waals surface area contributed by atoms with Crippen molar-refractivity contribution < 1.29 is 9.63 Å². The molecule has 0 bridgehead atoms. The minimum absolute atomic E-state index is 0.0755. The van der Waals surface area contributed by atoms with Gasteiger partial charge in [0.1, 0.15) is 6.54 Å². The molecule has 2 aromatic rings. The highest BCUT2D eigenvalue weighted by molar-refractivity contribution is 7.12. The zero-order valence-electron chi connectivity index (χ0n) is 9.12. The van der Waals surface area contributed by atoms with Crippen LogP contribution in [0.5, 0.6) is 0 Å². The van der Waals surface area contributed by atoms with Crippen LogP contribution in [0, 0.1) is 0 Å². The predicted octanol–water partition coefficient (Wildman–Crippen LogP) is 1.46. The second kappa shape index (κ2) is 5.65. The molecule has 0 radical (unpaired) electrons. The quantitative estimate of drug-likeness (QED) is 0.399. The van der Waals surface area contributed by atoms with Gasteiger partial charge in [-0.25, -0.2) is 4.79 Å². The third-order valence-corrected chi connectivity index (χ3v) is 3.00. The molecule has 2 aromatic heterocycles. The van der Waals surface area contributed by atoms with E-state index in [1.807, 2.05) is 11.4 Å². The van der Waals surface area contributed by atoms with Gasteiger partial charge in [0.05, 0.1) is 16.1 Å². The summed E-state index contributed by atoms with van der Waals surface area (Å²) in [5.74, 6) is -0.411. The predicted molar refractivity (Wildman–Crippen MR) is 68.4 cm³/mol. The van der Waals surface area contributed by atoms with Gasteiger partial charge in [-0.05, 0) is 11.4 Å². The first-order valence-corrected chi connectivity index (χ1v) is 6.16. The minimum atomic E-state index is -0.575. The van der Waals surface area contributed by atoms with E-state index in [2.05, 4.69) is 15.1 Å². The van der Waals surface area contributed by atoms with Crippen LogP contribution in [0.3, 0.4) is 0 Å². The summed E-state index contributed by atoms with van der Waals surface area (Å²) in [4.78, 5) is 16.8. The molecule has 0 unspecified atom stereocenters. The van der Waals surface area contributed by atoms with Crippen molar-refractivity contribution in [3.05, 3.63) is 39.8 Å². The van der Waals surface area contributed by atoms with Crippen molar-refractivity contribution >= 4 is 34.7 Å². The van der Waals surface area contributed by atoms with Gasteiger partial charge in [0.2, 0.25) is 0 Å². The molecule has 94 valence electrons.